The Morgan fingerprint density at radius 3 is 2.52 bits per heavy atom. The molecule has 1 aliphatic heterocycles. The van der Waals surface area contributed by atoms with Crippen molar-refractivity contribution in [2.75, 3.05) is 58.9 Å². The minimum absolute atomic E-state index is 0. The summed E-state index contributed by atoms with van der Waals surface area (Å²) < 4.78 is 36.1. The molecule has 0 atom stereocenters. The van der Waals surface area contributed by atoms with Crippen LogP contribution in [0.5, 0.6) is 0 Å². The van der Waals surface area contributed by atoms with Gasteiger partial charge in [0, 0.05) is 53.1 Å². The number of nitrogens with one attached hydrogen (secondary N) is 3. The third-order valence-corrected chi connectivity index (χ3v) is 5.20. The summed E-state index contributed by atoms with van der Waals surface area (Å²) in [5.74, 6) is 1.39. The third kappa shape index (κ3) is 12.8. The van der Waals surface area contributed by atoms with Gasteiger partial charge in [0.15, 0.2) is 5.96 Å². The van der Waals surface area contributed by atoms with Gasteiger partial charge < -0.3 is 20.1 Å². The van der Waals surface area contributed by atoms with E-state index >= 15 is 0 Å². The van der Waals surface area contributed by atoms with Crippen LogP contribution in [0.4, 0.5) is 0 Å². The molecule has 8 nitrogen and oxygen atoms in total. The molecule has 10 heteroatoms. The van der Waals surface area contributed by atoms with E-state index in [9.17, 15) is 8.42 Å². The number of guanidine groups is 1. The van der Waals surface area contributed by atoms with E-state index < -0.39 is 10.0 Å². The lowest BCUT2D eigenvalue weighted by Crippen LogP contribution is -2.42. The lowest BCUT2D eigenvalue weighted by Gasteiger charge is -2.21. The highest BCUT2D eigenvalue weighted by molar-refractivity contribution is 14.0. The Morgan fingerprint density at radius 2 is 1.88 bits per heavy atom. The van der Waals surface area contributed by atoms with Gasteiger partial charge in [-0.05, 0) is 32.1 Å². The van der Waals surface area contributed by atoms with Crippen LogP contribution in [0, 0.1) is 5.92 Å². The first-order valence-corrected chi connectivity index (χ1v) is 10.3. The van der Waals surface area contributed by atoms with Crippen LogP contribution in [-0.4, -0.2) is 73.2 Å². The van der Waals surface area contributed by atoms with Gasteiger partial charge >= 0.3 is 0 Å². The van der Waals surface area contributed by atoms with Crippen molar-refractivity contribution in [1.29, 1.82) is 0 Å². The zero-order chi connectivity index (χ0) is 17.7. The molecule has 3 N–H and O–H groups in total. The van der Waals surface area contributed by atoms with Crippen LogP contribution in [0.3, 0.4) is 0 Å². The highest BCUT2D eigenvalue weighted by atomic mass is 127. The van der Waals surface area contributed by atoms with Gasteiger partial charge in [0.05, 0.1) is 5.75 Å². The van der Waals surface area contributed by atoms with Gasteiger partial charge in [-0.2, -0.15) is 0 Å². The van der Waals surface area contributed by atoms with Crippen molar-refractivity contribution in [3.8, 4) is 0 Å². The van der Waals surface area contributed by atoms with E-state index in [2.05, 4.69) is 20.3 Å². The second kappa shape index (κ2) is 14.9. The van der Waals surface area contributed by atoms with Gasteiger partial charge in [-0.15, -0.1) is 24.0 Å². The molecule has 150 valence electrons. The highest BCUT2D eigenvalue weighted by Crippen LogP contribution is 2.14. The summed E-state index contributed by atoms with van der Waals surface area (Å²) >= 11 is 0. The monoisotopic (exact) mass is 492 g/mol. The smallest absolute Gasteiger partial charge is 0.211 e. The molecule has 1 aliphatic rings. The van der Waals surface area contributed by atoms with Crippen LogP contribution in [0.15, 0.2) is 4.99 Å². The first-order valence-electron chi connectivity index (χ1n) is 8.64. The zero-order valence-electron chi connectivity index (χ0n) is 15.3. The molecule has 0 saturated carbocycles. The molecule has 1 rings (SSSR count). The van der Waals surface area contributed by atoms with E-state index in [4.69, 9.17) is 9.47 Å². The number of halogens is 1. The average Bonchev–Trinajstić information content (AvgIpc) is 2.60. The van der Waals surface area contributed by atoms with Crippen molar-refractivity contribution >= 4 is 40.0 Å². The molecule has 0 aromatic heterocycles. The molecule has 25 heavy (non-hydrogen) atoms. The highest BCUT2D eigenvalue weighted by Gasteiger charge is 2.13. The molecule has 0 aromatic rings. The zero-order valence-corrected chi connectivity index (χ0v) is 18.4. The Morgan fingerprint density at radius 1 is 1.20 bits per heavy atom. The summed E-state index contributed by atoms with van der Waals surface area (Å²) in [6, 6.07) is 0. The second-order valence-electron chi connectivity index (χ2n) is 5.71. The molecule has 1 heterocycles. The predicted molar refractivity (Wildman–Crippen MR) is 111 cm³/mol. The first-order chi connectivity index (χ1) is 11.6. The standard InChI is InChI=1S/C15H32N4O4S.HI/c1-3-24(20,21)19-9-8-18-15(16-2)17-7-4-10-23-13-14-5-11-22-12-6-14;/h14,19H,3-13H2,1-2H3,(H2,16,17,18);1H. The summed E-state index contributed by atoms with van der Waals surface area (Å²) in [6.45, 7) is 6.43. The summed E-state index contributed by atoms with van der Waals surface area (Å²) in [4.78, 5) is 4.10. The number of ether oxygens (including phenoxy) is 2. The van der Waals surface area contributed by atoms with E-state index in [-0.39, 0.29) is 29.7 Å². The van der Waals surface area contributed by atoms with Gasteiger partial charge in [0.25, 0.3) is 0 Å². The van der Waals surface area contributed by atoms with E-state index in [1.54, 1.807) is 14.0 Å². The molecule has 0 aliphatic carbocycles. The molecule has 0 bridgehead atoms. The Hall–Kier alpha value is -0.170. The van der Waals surface area contributed by atoms with Crippen molar-refractivity contribution in [3.63, 3.8) is 0 Å². The lowest BCUT2D eigenvalue weighted by molar-refractivity contribution is 0.0203. The maximum Gasteiger partial charge on any atom is 0.211 e. The van der Waals surface area contributed by atoms with E-state index in [0.717, 1.165) is 52.2 Å². The lowest BCUT2D eigenvalue weighted by atomic mass is 10.0. The molecular weight excluding hydrogens is 459 g/mol. The number of hydrogen-bond donors (Lipinski definition) is 3. The van der Waals surface area contributed by atoms with Crippen molar-refractivity contribution < 1.29 is 17.9 Å². The predicted octanol–water partition coefficient (Wildman–Crippen LogP) is 0.542. The van der Waals surface area contributed by atoms with Gasteiger partial charge in [0.2, 0.25) is 10.0 Å². The Bertz CT molecular complexity index is 456. The fourth-order valence-electron chi connectivity index (χ4n) is 2.25. The number of rotatable bonds is 11. The van der Waals surface area contributed by atoms with Gasteiger partial charge in [0.1, 0.15) is 0 Å². The quantitative estimate of drug-likeness (QED) is 0.169. The minimum atomic E-state index is -3.14. The van der Waals surface area contributed by atoms with Crippen molar-refractivity contribution in [2.45, 2.75) is 26.2 Å². The maximum atomic E-state index is 11.3. The normalized spacial score (nSPS) is 16.3. The fourth-order valence-corrected chi connectivity index (χ4v) is 2.87. The molecule has 1 saturated heterocycles. The van der Waals surface area contributed by atoms with Gasteiger partial charge in [-0.3, -0.25) is 4.99 Å². The maximum absolute atomic E-state index is 11.3. The topological polar surface area (TPSA) is 101 Å². The summed E-state index contributed by atoms with van der Waals surface area (Å²) in [7, 11) is -1.45. The van der Waals surface area contributed by atoms with Crippen LogP contribution >= 0.6 is 24.0 Å². The van der Waals surface area contributed by atoms with Gasteiger partial charge in [-0.1, -0.05) is 0 Å². The Kier molecular flexibility index (Phi) is 14.8. The second-order valence-corrected chi connectivity index (χ2v) is 7.80. The molecule has 0 spiro atoms. The van der Waals surface area contributed by atoms with Gasteiger partial charge in [-0.25, -0.2) is 13.1 Å². The molecule has 0 radical (unpaired) electrons. The SMILES string of the molecule is CCS(=O)(=O)NCCNC(=NC)NCCCOCC1CCOCC1.I. The van der Waals surface area contributed by atoms with Crippen molar-refractivity contribution in [2.24, 2.45) is 10.9 Å². The number of hydrogen-bond acceptors (Lipinski definition) is 5. The van der Waals surface area contributed by atoms with Crippen LogP contribution in [0.25, 0.3) is 0 Å². The van der Waals surface area contributed by atoms with Crippen molar-refractivity contribution in [1.82, 2.24) is 15.4 Å². The molecule has 1 fully saturated rings. The van der Waals surface area contributed by atoms with E-state index in [1.807, 2.05) is 0 Å². The molecular formula is C15H33IN4O4S. The summed E-state index contributed by atoms with van der Waals surface area (Å²) in [5.41, 5.74) is 0. The number of nitrogens with zero attached hydrogens (tertiary/aromatic N) is 1. The average molecular weight is 492 g/mol. The first kappa shape index (κ1) is 24.8. The molecule has 0 unspecified atom stereocenters. The van der Waals surface area contributed by atoms with E-state index in [1.165, 1.54) is 0 Å². The van der Waals surface area contributed by atoms with E-state index in [0.29, 0.717) is 25.0 Å². The number of sulfonamides is 1. The molecule has 0 amide bonds. The van der Waals surface area contributed by atoms with Crippen LogP contribution in [0.2, 0.25) is 0 Å². The Balaban J connectivity index is 0.00000576. The summed E-state index contributed by atoms with van der Waals surface area (Å²) in [6.07, 6.45) is 3.08. The van der Waals surface area contributed by atoms with Crippen molar-refractivity contribution in [3.05, 3.63) is 0 Å². The number of aliphatic imine (C=N–C) groups is 1. The summed E-state index contributed by atoms with van der Waals surface area (Å²) in [5, 5.41) is 6.25. The fraction of sp³-hybridized carbons (Fsp3) is 0.933. The van der Waals surface area contributed by atoms with Crippen LogP contribution in [-0.2, 0) is 19.5 Å². The largest absolute Gasteiger partial charge is 0.381 e. The minimum Gasteiger partial charge on any atom is -0.381 e. The van der Waals surface area contributed by atoms with Crippen LogP contribution < -0.4 is 15.4 Å². The Labute approximate surface area is 169 Å². The molecule has 0 aromatic carbocycles. The van der Waals surface area contributed by atoms with Crippen LogP contribution in [0.1, 0.15) is 26.2 Å². The third-order valence-electron chi connectivity index (χ3n) is 3.80.